The third-order valence-corrected chi connectivity index (χ3v) is 3.48. The highest BCUT2D eigenvalue weighted by Crippen LogP contribution is 2.30. The second-order valence-electron chi connectivity index (χ2n) is 5.24. The van der Waals surface area contributed by atoms with Crippen molar-refractivity contribution in [3.8, 4) is 0 Å². The van der Waals surface area contributed by atoms with Gasteiger partial charge in [0.1, 0.15) is 16.9 Å². The summed E-state index contributed by atoms with van der Waals surface area (Å²) in [4.78, 5) is 11.9. The average Bonchev–Trinajstić information content (AvgIpc) is 2.58. The minimum absolute atomic E-state index is 0.0989. The Bertz CT molecular complexity index is 1010. The minimum atomic E-state index is -4.47. The molecule has 1 heterocycles. The molecule has 0 saturated carbocycles. The Labute approximate surface area is 139 Å². The number of para-hydroxylation sites is 1. The lowest BCUT2D eigenvalue weighted by Crippen LogP contribution is -2.07. The van der Waals surface area contributed by atoms with Gasteiger partial charge in [0.2, 0.25) is 0 Å². The predicted octanol–water partition coefficient (Wildman–Crippen LogP) is 4.78. The van der Waals surface area contributed by atoms with Crippen LogP contribution >= 0.6 is 0 Å². The Hall–Kier alpha value is -3.22. The Balaban J connectivity index is 1.90. The van der Waals surface area contributed by atoms with Crippen LogP contribution in [0.25, 0.3) is 16.7 Å². The van der Waals surface area contributed by atoms with Gasteiger partial charge >= 0.3 is 11.8 Å². The molecule has 1 aromatic heterocycles. The number of aliphatic hydroxyl groups is 1. The monoisotopic (exact) mass is 347 g/mol. The van der Waals surface area contributed by atoms with Gasteiger partial charge in [-0.05, 0) is 30.3 Å². The number of anilines is 1. The molecule has 128 valence electrons. The number of benzene rings is 2. The summed E-state index contributed by atoms with van der Waals surface area (Å²) in [6.45, 7) is 0. The number of rotatable bonds is 3. The first-order valence-electron chi connectivity index (χ1n) is 7.21. The third kappa shape index (κ3) is 3.65. The van der Waals surface area contributed by atoms with Crippen LogP contribution in [0, 0.1) is 0 Å². The predicted molar refractivity (Wildman–Crippen MR) is 88.2 cm³/mol. The van der Waals surface area contributed by atoms with E-state index in [4.69, 9.17) is 4.42 Å². The summed E-state index contributed by atoms with van der Waals surface area (Å²) in [5.74, 6) is -0.447. The molecule has 0 aliphatic rings. The van der Waals surface area contributed by atoms with Crippen LogP contribution in [0.1, 0.15) is 11.1 Å². The fourth-order valence-electron chi connectivity index (χ4n) is 2.26. The SMILES string of the molecule is O=c1oc2ccccc2cc1/C(O)=C/Nc1cccc(C(F)(F)F)c1. The van der Waals surface area contributed by atoms with Crippen molar-refractivity contribution in [2.24, 2.45) is 0 Å². The van der Waals surface area contributed by atoms with Crippen molar-refractivity contribution in [1.82, 2.24) is 0 Å². The van der Waals surface area contributed by atoms with E-state index in [1.165, 1.54) is 18.2 Å². The summed E-state index contributed by atoms with van der Waals surface area (Å²) in [7, 11) is 0. The fraction of sp³-hybridized carbons (Fsp3) is 0.0556. The molecule has 0 bridgehead atoms. The van der Waals surface area contributed by atoms with Gasteiger partial charge < -0.3 is 14.8 Å². The maximum atomic E-state index is 12.7. The van der Waals surface area contributed by atoms with Gasteiger partial charge in [0.05, 0.1) is 5.56 Å². The molecule has 2 N–H and O–H groups in total. The lowest BCUT2D eigenvalue weighted by atomic mass is 10.1. The van der Waals surface area contributed by atoms with E-state index < -0.39 is 23.1 Å². The van der Waals surface area contributed by atoms with Crippen molar-refractivity contribution in [3.63, 3.8) is 0 Å². The van der Waals surface area contributed by atoms with Crippen LogP contribution in [-0.2, 0) is 6.18 Å². The van der Waals surface area contributed by atoms with E-state index in [-0.39, 0.29) is 11.3 Å². The molecule has 0 amide bonds. The van der Waals surface area contributed by atoms with Crippen LogP contribution in [0.3, 0.4) is 0 Å². The summed E-state index contributed by atoms with van der Waals surface area (Å²) in [5, 5.41) is 13.2. The molecule has 3 rings (SSSR count). The van der Waals surface area contributed by atoms with Gasteiger partial charge in [-0.1, -0.05) is 24.3 Å². The number of halogens is 3. The van der Waals surface area contributed by atoms with E-state index in [9.17, 15) is 23.1 Å². The number of nitrogens with one attached hydrogen (secondary N) is 1. The minimum Gasteiger partial charge on any atom is -0.506 e. The Morgan fingerprint density at radius 3 is 2.60 bits per heavy atom. The number of alkyl halides is 3. The molecule has 0 aliphatic heterocycles. The number of aliphatic hydroxyl groups excluding tert-OH is 1. The molecule has 0 unspecified atom stereocenters. The topological polar surface area (TPSA) is 62.5 Å². The Morgan fingerprint density at radius 2 is 1.84 bits per heavy atom. The Kier molecular flexibility index (Phi) is 4.22. The maximum absolute atomic E-state index is 12.7. The zero-order valence-corrected chi connectivity index (χ0v) is 12.7. The van der Waals surface area contributed by atoms with Crippen molar-refractivity contribution in [1.29, 1.82) is 0 Å². The quantitative estimate of drug-likeness (QED) is 0.529. The molecule has 3 aromatic rings. The smallest absolute Gasteiger partial charge is 0.416 e. The largest absolute Gasteiger partial charge is 0.506 e. The van der Waals surface area contributed by atoms with Crippen LogP contribution in [0.2, 0.25) is 0 Å². The van der Waals surface area contributed by atoms with E-state index >= 15 is 0 Å². The molecule has 0 atom stereocenters. The highest BCUT2D eigenvalue weighted by Gasteiger charge is 2.30. The molecule has 0 radical (unpaired) electrons. The van der Waals surface area contributed by atoms with E-state index in [0.717, 1.165) is 18.3 Å². The molecule has 7 heteroatoms. The van der Waals surface area contributed by atoms with Crippen molar-refractivity contribution in [2.75, 3.05) is 5.32 Å². The molecule has 2 aromatic carbocycles. The van der Waals surface area contributed by atoms with Gasteiger partial charge in [-0.2, -0.15) is 13.2 Å². The first-order valence-corrected chi connectivity index (χ1v) is 7.21. The van der Waals surface area contributed by atoms with Gasteiger partial charge in [0, 0.05) is 17.3 Å². The third-order valence-electron chi connectivity index (χ3n) is 3.48. The molecule has 0 spiro atoms. The van der Waals surface area contributed by atoms with Crippen molar-refractivity contribution in [3.05, 3.63) is 82.3 Å². The molecular formula is C18H12F3NO3. The van der Waals surface area contributed by atoms with E-state index in [0.29, 0.717) is 11.0 Å². The lowest BCUT2D eigenvalue weighted by Gasteiger charge is -2.09. The van der Waals surface area contributed by atoms with Crippen LogP contribution < -0.4 is 10.9 Å². The van der Waals surface area contributed by atoms with Gasteiger partial charge in [0.15, 0.2) is 0 Å². The summed E-state index contributed by atoms with van der Waals surface area (Å²) >= 11 is 0. The molecule has 25 heavy (non-hydrogen) atoms. The zero-order valence-electron chi connectivity index (χ0n) is 12.7. The Morgan fingerprint density at radius 1 is 1.08 bits per heavy atom. The van der Waals surface area contributed by atoms with Gasteiger partial charge in [-0.15, -0.1) is 0 Å². The summed E-state index contributed by atoms with van der Waals surface area (Å²) in [6.07, 6.45) is -3.43. The van der Waals surface area contributed by atoms with Crippen LogP contribution in [0.4, 0.5) is 18.9 Å². The van der Waals surface area contributed by atoms with E-state index in [2.05, 4.69) is 5.32 Å². The highest BCUT2D eigenvalue weighted by atomic mass is 19.4. The van der Waals surface area contributed by atoms with Gasteiger partial charge in [0.25, 0.3) is 0 Å². The highest BCUT2D eigenvalue weighted by molar-refractivity contribution is 5.79. The van der Waals surface area contributed by atoms with Gasteiger partial charge in [-0.25, -0.2) is 4.79 Å². The molecule has 0 aliphatic carbocycles. The van der Waals surface area contributed by atoms with Crippen molar-refractivity contribution < 1.29 is 22.7 Å². The zero-order chi connectivity index (χ0) is 18.0. The second-order valence-corrected chi connectivity index (χ2v) is 5.24. The van der Waals surface area contributed by atoms with Crippen LogP contribution in [-0.4, -0.2) is 5.11 Å². The lowest BCUT2D eigenvalue weighted by molar-refractivity contribution is -0.137. The molecule has 0 saturated heterocycles. The number of fused-ring (bicyclic) bond motifs is 1. The molecule has 4 nitrogen and oxygen atoms in total. The standard InChI is InChI=1S/C18H12F3NO3/c19-18(20,21)12-5-3-6-13(9-12)22-10-15(23)14-8-11-4-1-2-7-16(11)25-17(14)24/h1-10,22-23H/b15-10-. The van der Waals surface area contributed by atoms with Crippen LogP contribution in [0.5, 0.6) is 0 Å². The normalized spacial score (nSPS) is 12.4. The number of hydrogen-bond donors (Lipinski definition) is 2. The summed E-state index contributed by atoms with van der Waals surface area (Å²) in [6, 6.07) is 12.7. The summed E-state index contributed by atoms with van der Waals surface area (Å²) in [5.41, 5.74) is -1.19. The fourth-order valence-corrected chi connectivity index (χ4v) is 2.26. The van der Waals surface area contributed by atoms with Gasteiger partial charge in [-0.3, -0.25) is 0 Å². The van der Waals surface area contributed by atoms with Crippen LogP contribution in [0.15, 0.2) is 70.0 Å². The van der Waals surface area contributed by atoms with Crippen molar-refractivity contribution >= 4 is 22.4 Å². The second kappa shape index (κ2) is 6.35. The molecule has 0 fully saturated rings. The number of hydrogen-bond acceptors (Lipinski definition) is 4. The van der Waals surface area contributed by atoms with E-state index in [1.54, 1.807) is 24.3 Å². The van der Waals surface area contributed by atoms with E-state index in [1.807, 2.05) is 0 Å². The summed E-state index contributed by atoms with van der Waals surface area (Å²) < 4.78 is 43.2. The first-order chi connectivity index (χ1) is 11.8. The average molecular weight is 347 g/mol. The maximum Gasteiger partial charge on any atom is 0.416 e. The first kappa shape index (κ1) is 16.6. The molecular weight excluding hydrogens is 335 g/mol. The van der Waals surface area contributed by atoms with Crippen molar-refractivity contribution in [2.45, 2.75) is 6.18 Å².